The summed E-state index contributed by atoms with van der Waals surface area (Å²) < 4.78 is 10.4. The lowest BCUT2D eigenvalue weighted by Crippen LogP contribution is -2.33. The van der Waals surface area contributed by atoms with Crippen LogP contribution in [0.25, 0.3) is 0 Å². The van der Waals surface area contributed by atoms with Crippen LogP contribution in [0.1, 0.15) is 13.8 Å². The third-order valence-corrected chi connectivity index (χ3v) is 3.90. The van der Waals surface area contributed by atoms with E-state index in [0.717, 1.165) is 0 Å². The van der Waals surface area contributed by atoms with Gasteiger partial charge in [0.2, 0.25) is 0 Å². The van der Waals surface area contributed by atoms with Crippen molar-refractivity contribution in [3.63, 3.8) is 0 Å². The molecule has 0 aliphatic heterocycles. The zero-order valence-corrected chi connectivity index (χ0v) is 8.15. The Kier molecular flexibility index (Phi) is 4.98. The second-order valence-corrected chi connectivity index (χ2v) is 5.38. The largest absolute Gasteiger partial charge is 0.470 e. The van der Waals surface area contributed by atoms with Crippen molar-refractivity contribution in [2.24, 2.45) is 0 Å². The van der Waals surface area contributed by atoms with E-state index in [-0.39, 0.29) is 0 Å². The van der Waals surface area contributed by atoms with Crippen LogP contribution in [0.15, 0.2) is 12.3 Å². The Hall–Kier alpha value is 0.167. The predicted molar refractivity (Wildman–Crippen MR) is 45.1 cm³/mol. The fourth-order valence-electron chi connectivity index (χ4n) is 0.553. The van der Waals surface area contributed by atoms with Gasteiger partial charge < -0.3 is 8.85 Å². The molecule has 0 spiro atoms. The van der Waals surface area contributed by atoms with E-state index in [1.54, 1.807) is 5.70 Å². The minimum absolute atomic E-state index is 0.571. The number of rotatable bonds is 5. The summed E-state index contributed by atoms with van der Waals surface area (Å²) in [5.41, 5.74) is 1.57. The molecular weight excluding hydrogens is 168 g/mol. The molecule has 0 saturated carbocycles. The molecule has 0 N–H and O–H groups in total. The Bertz CT molecular complexity index is 102. The van der Waals surface area contributed by atoms with Gasteiger partial charge in [-0.25, -0.2) is 0 Å². The molecule has 0 aromatic heterocycles. The quantitative estimate of drug-likeness (QED) is 0.476. The minimum atomic E-state index is -2.49. The van der Waals surface area contributed by atoms with E-state index in [2.05, 4.69) is 6.58 Å². The molecule has 0 aromatic carbocycles. The molecule has 0 bridgehead atoms. The third kappa shape index (κ3) is 3.36. The van der Waals surface area contributed by atoms with Gasteiger partial charge in [0, 0.05) is 13.2 Å². The highest BCUT2D eigenvalue weighted by atomic mass is 35.6. The van der Waals surface area contributed by atoms with Gasteiger partial charge in [0.25, 0.3) is 0 Å². The highest BCUT2D eigenvalue weighted by Gasteiger charge is 2.30. The molecule has 0 radical (unpaired) electrons. The maximum atomic E-state index is 5.90. The molecular formula is C6H13ClO2Si. The summed E-state index contributed by atoms with van der Waals surface area (Å²) in [5, 5.41) is 0. The molecule has 0 amide bonds. The average molecular weight is 181 g/mol. The Labute approximate surface area is 67.7 Å². The molecule has 0 aliphatic rings. The molecule has 0 heterocycles. The van der Waals surface area contributed by atoms with Gasteiger partial charge in [-0.3, -0.25) is 0 Å². The number of hydrogen-bond acceptors (Lipinski definition) is 2. The molecule has 0 atom stereocenters. The van der Waals surface area contributed by atoms with Crippen molar-refractivity contribution in [3.05, 3.63) is 12.3 Å². The Morgan fingerprint density at radius 1 is 1.40 bits per heavy atom. The summed E-state index contributed by atoms with van der Waals surface area (Å²) in [7, 11) is -2.49. The molecule has 0 fully saturated rings. The SMILES string of the molecule is C=C[Si](Cl)(OCC)OCC. The highest BCUT2D eigenvalue weighted by Crippen LogP contribution is 2.13. The van der Waals surface area contributed by atoms with Gasteiger partial charge in [-0.1, -0.05) is 11.1 Å². The second-order valence-electron chi connectivity index (χ2n) is 1.65. The van der Waals surface area contributed by atoms with Crippen molar-refractivity contribution in [1.82, 2.24) is 0 Å². The minimum Gasteiger partial charge on any atom is -0.380 e. The molecule has 0 aliphatic carbocycles. The van der Waals surface area contributed by atoms with E-state index in [9.17, 15) is 0 Å². The van der Waals surface area contributed by atoms with E-state index in [0.29, 0.717) is 13.2 Å². The van der Waals surface area contributed by atoms with E-state index < -0.39 is 7.87 Å². The zero-order chi connectivity index (χ0) is 8.04. The average Bonchev–Trinajstić information content (AvgIpc) is 1.89. The molecule has 0 aromatic rings. The Morgan fingerprint density at radius 2 is 1.80 bits per heavy atom. The van der Waals surface area contributed by atoms with Gasteiger partial charge in [0.15, 0.2) is 0 Å². The first-order chi connectivity index (χ1) is 4.68. The lowest BCUT2D eigenvalue weighted by atomic mass is 10.9. The van der Waals surface area contributed by atoms with Crippen LogP contribution in [-0.2, 0) is 8.85 Å². The first kappa shape index (κ1) is 10.2. The normalized spacial score (nSPS) is 11.5. The number of halogens is 1. The van der Waals surface area contributed by atoms with Crippen molar-refractivity contribution in [1.29, 1.82) is 0 Å². The van der Waals surface area contributed by atoms with Crippen LogP contribution in [0, 0.1) is 0 Å². The topological polar surface area (TPSA) is 18.5 Å². The van der Waals surface area contributed by atoms with Crippen LogP contribution < -0.4 is 0 Å². The summed E-state index contributed by atoms with van der Waals surface area (Å²) in [6.07, 6.45) is 0. The lowest BCUT2D eigenvalue weighted by molar-refractivity contribution is 0.214. The highest BCUT2D eigenvalue weighted by molar-refractivity contribution is 7.15. The molecule has 4 heteroatoms. The van der Waals surface area contributed by atoms with Crippen molar-refractivity contribution in [2.75, 3.05) is 13.2 Å². The van der Waals surface area contributed by atoms with Crippen LogP contribution in [0.3, 0.4) is 0 Å². The zero-order valence-electron chi connectivity index (χ0n) is 6.39. The van der Waals surface area contributed by atoms with Gasteiger partial charge in [-0.05, 0) is 19.5 Å². The maximum absolute atomic E-state index is 5.90. The standard InChI is InChI=1S/C6H13ClO2Si/c1-4-8-10(7,6-3)9-5-2/h6H,3-5H2,1-2H3. The van der Waals surface area contributed by atoms with Gasteiger partial charge in [-0.15, -0.1) is 6.58 Å². The smallest absolute Gasteiger partial charge is 0.380 e. The Balaban J connectivity index is 3.81. The molecule has 0 unspecified atom stereocenters. The van der Waals surface area contributed by atoms with E-state index in [1.165, 1.54) is 0 Å². The second kappa shape index (κ2) is 4.90. The van der Waals surface area contributed by atoms with Crippen molar-refractivity contribution < 1.29 is 8.85 Å². The van der Waals surface area contributed by atoms with Gasteiger partial charge in [0.1, 0.15) is 0 Å². The predicted octanol–water partition coefficient (Wildman–Crippen LogP) is 1.96. The van der Waals surface area contributed by atoms with Crippen molar-refractivity contribution in [2.45, 2.75) is 13.8 Å². The monoisotopic (exact) mass is 180 g/mol. The van der Waals surface area contributed by atoms with Crippen LogP contribution in [0.2, 0.25) is 0 Å². The summed E-state index contributed by atoms with van der Waals surface area (Å²) >= 11 is 5.90. The van der Waals surface area contributed by atoms with Crippen molar-refractivity contribution in [3.8, 4) is 0 Å². The van der Waals surface area contributed by atoms with Crippen molar-refractivity contribution >= 4 is 18.9 Å². The molecule has 2 nitrogen and oxygen atoms in total. The lowest BCUT2D eigenvalue weighted by Gasteiger charge is -2.17. The molecule has 10 heavy (non-hydrogen) atoms. The first-order valence-electron chi connectivity index (χ1n) is 3.29. The van der Waals surface area contributed by atoms with E-state index in [4.69, 9.17) is 19.9 Å². The first-order valence-corrected chi connectivity index (χ1v) is 6.19. The third-order valence-electron chi connectivity index (χ3n) is 0.926. The maximum Gasteiger partial charge on any atom is 0.470 e. The fraction of sp³-hybridized carbons (Fsp3) is 0.667. The number of hydrogen-bond donors (Lipinski definition) is 0. The van der Waals surface area contributed by atoms with Gasteiger partial charge >= 0.3 is 7.87 Å². The van der Waals surface area contributed by atoms with Crippen LogP contribution >= 0.6 is 11.1 Å². The van der Waals surface area contributed by atoms with E-state index in [1.807, 2.05) is 13.8 Å². The van der Waals surface area contributed by atoms with Crippen LogP contribution in [0.4, 0.5) is 0 Å². The molecule has 0 saturated heterocycles. The summed E-state index contributed by atoms with van der Waals surface area (Å²) in [5.74, 6) is 0. The van der Waals surface area contributed by atoms with Crippen LogP contribution in [0.5, 0.6) is 0 Å². The Morgan fingerprint density at radius 3 is 2.00 bits per heavy atom. The summed E-state index contributed by atoms with van der Waals surface area (Å²) in [4.78, 5) is 0. The van der Waals surface area contributed by atoms with Gasteiger partial charge in [-0.2, -0.15) is 0 Å². The summed E-state index contributed by atoms with van der Waals surface area (Å²) in [6, 6.07) is 0. The van der Waals surface area contributed by atoms with Gasteiger partial charge in [0.05, 0.1) is 0 Å². The van der Waals surface area contributed by atoms with Crippen LogP contribution in [-0.4, -0.2) is 21.1 Å². The van der Waals surface area contributed by atoms with E-state index >= 15 is 0 Å². The molecule has 0 rings (SSSR count). The fourth-order valence-corrected chi connectivity index (χ4v) is 2.31. The summed E-state index contributed by atoms with van der Waals surface area (Å²) in [6.45, 7) is 8.46. The molecule has 60 valence electrons.